The standard InChI is InChI=1S/C21H18ClF6N3O2.C19H19ClF4N4O3.C14H11ClF4N4O.C4H7F2N.C2HF3O.CH4.CH3.K/c22-12-4-10(1-2-13(12)23)18-17(19(29)33)14-5-11(6-16(21(26,27)28)31(14)30-18)15(32)3-9-7-20(24,25)8-9;1-18(2,3)31-17(30)27-7-12-14(16(25)29)15(9-4-5-11(21)10(20)6-9)26-28(12)13(8-27)19(22,23)24;15-7-3-6(1-2-8(7)16)12-11(13(20)24)9-4-21-5-10(14(17,18)19)23(9)22-12;5-4(6)1-3(7)2-4;3-2(4,5)1-6;;;/h1-2,4,9,11,16H,3,5-8H2,(H2,29,33);4-6,13H,7-8H2,1-3H3,(H2,25,29);1-3,10,21H,4-5H2,(H2,20,24);3H,1-2,7H2;1H;1H4;1H3;/q;;;;;;-1;+1. The SMILES string of the molecule is C.CC(C)(C)OC(=O)N1Cc2c(C(N)=O)c(-c3ccc(F)c(Cl)c3)nn2C(C(F)(F)F)C1.NC(=O)c1c(-c2ccc(F)c(Cl)c2)nn2c1CC(C(=O)CC1CC(F)(F)C1)CC2C(F)(F)F.NC(=O)c1c(-c2ccc(F)c(Cl)c2)nn2c1CNCC2C(F)(F)F.NC1CC(F)(F)C1.O=CC(F)(F)F.[CH3-].[K+]. The molecule has 0 radical (unpaired) electrons. The van der Waals surface area contributed by atoms with Gasteiger partial charge in [-0.2, -0.15) is 68.0 Å². The number of fused-ring (bicyclic) bond motifs is 3. The van der Waals surface area contributed by atoms with E-state index in [9.17, 15) is 107 Å². The number of carbonyl (C=O) groups excluding carboxylic acids is 6. The Morgan fingerprint density at radius 1 is 0.606 bits per heavy atom. The predicted molar refractivity (Wildman–Crippen MR) is 334 cm³/mol. The van der Waals surface area contributed by atoms with Crippen LogP contribution in [0.25, 0.3) is 33.8 Å². The Balaban J connectivity index is 0.000000301. The number of aldehydes is 1. The van der Waals surface area contributed by atoms with Crippen LogP contribution in [0.5, 0.6) is 0 Å². The molecule has 19 nitrogen and oxygen atoms in total. The molecule has 3 aromatic heterocycles. The Kier molecular flexibility index (Phi) is 29.4. The molecule has 11 rings (SSSR count). The van der Waals surface area contributed by atoms with E-state index in [1.807, 2.05) is 0 Å². The maximum Gasteiger partial charge on any atom is 1.00 e. The first-order valence-electron chi connectivity index (χ1n) is 29.4. The van der Waals surface area contributed by atoms with E-state index in [-0.39, 0.29) is 200 Å². The number of hydrogen-bond donors (Lipinski definition) is 5. The second kappa shape index (κ2) is 34.1. The average Bonchev–Trinajstić information content (AvgIpc) is 1.58. The number of nitrogens with two attached hydrogens (primary N) is 4. The molecule has 0 saturated heterocycles. The van der Waals surface area contributed by atoms with E-state index in [0.717, 1.165) is 39.9 Å². The molecular weight excluding hydrogens is 1530 g/mol. The van der Waals surface area contributed by atoms with Crippen LogP contribution in [-0.4, -0.2) is 131 Å². The molecule has 6 aromatic rings. The molecule has 3 aromatic carbocycles. The summed E-state index contributed by atoms with van der Waals surface area (Å²) in [6.45, 7) is 3.20. The van der Waals surface area contributed by atoms with E-state index in [2.05, 4.69) is 20.6 Å². The van der Waals surface area contributed by atoms with Gasteiger partial charge < -0.3 is 40.4 Å². The van der Waals surface area contributed by atoms with Crippen LogP contribution >= 0.6 is 34.8 Å². The van der Waals surface area contributed by atoms with Gasteiger partial charge in [0.2, 0.25) is 12.2 Å². The molecule has 2 saturated carbocycles. The zero-order chi connectivity index (χ0) is 75.9. The summed E-state index contributed by atoms with van der Waals surface area (Å²) in [5.41, 5.74) is 19.2. The van der Waals surface area contributed by atoms with Crippen LogP contribution in [0, 0.1) is 36.7 Å². The van der Waals surface area contributed by atoms with Crippen molar-refractivity contribution in [3.8, 4) is 33.8 Å². The van der Waals surface area contributed by atoms with Gasteiger partial charge in [-0.25, -0.2) is 35.5 Å². The van der Waals surface area contributed by atoms with Crippen molar-refractivity contribution in [2.24, 2.45) is 34.8 Å². The number of carbonyl (C=O) groups is 6. The summed E-state index contributed by atoms with van der Waals surface area (Å²) in [7, 11) is 0. The van der Waals surface area contributed by atoms with E-state index < -0.39 is 151 Å². The third-order valence-electron chi connectivity index (χ3n) is 15.7. The Bertz CT molecular complexity index is 4130. The minimum absolute atomic E-state index is 0. The Hall–Kier alpha value is -6.59. The Morgan fingerprint density at radius 3 is 1.30 bits per heavy atom. The number of benzene rings is 3. The zero-order valence-electron chi connectivity index (χ0n) is 54.1. The van der Waals surface area contributed by atoms with Crippen molar-refractivity contribution in [1.82, 2.24) is 39.6 Å². The normalized spacial score (nSPS) is 18.8. The molecule has 2 aliphatic carbocycles. The quantitative estimate of drug-likeness (QED) is 0.0391. The van der Waals surface area contributed by atoms with Crippen LogP contribution in [0.15, 0.2) is 54.6 Å². The number of nitrogens with zero attached hydrogens (tertiary/aromatic N) is 7. The molecule has 4 unspecified atom stereocenters. The van der Waals surface area contributed by atoms with Gasteiger partial charge in [0, 0.05) is 73.8 Å². The fraction of sp³-hybridized carbons (Fsp3) is 0.452. The molecule has 42 heteroatoms. The van der Waals surface area contributed by atoms with Crippen LogP contribution in [-0.2, 0) is 33.8 Å². The van der Waals surface area contributed by atoms with Crippen LogP contribution in [0.1, 0.15) is 133 Å². The minimum Gasteiger partial charge on any atom is -0.444 e. The van der Waals surface area contributed by atoms with Crippen molar-refractivity contribution in [3.05, 3.63) is 128 Å². The van der Waals surface area contributed by atoms with Crippen LogP contribution in [0.3, 0.4) is 0 Å². The molecule has 568 valence electrons. The van der Waals surface area contributed by atoms with Crippen molar-refractivity contribution >= 4 is 70.7 Å². The maximum atomic E-state index is 13.9. The number of nitrogens with one attached hydrogen (secondary N) is 1. The van der Waals surface area contributed by atoms with Gasteiger partial charge in [-0.05, 0) is 94.1 Å². The van der Waals surface area contributed by atoms with Crippen molar-refractivity contribution in [1.29, 1.82) is 0 Å². The number of amides is 4. The van der Waals surface area contributed by atoms with Gasteiger partial charge in [0.15, 0.2) is 12.1 Å². The van der Waals surface area contributed by atoms with Gasteiger partial charge in [0.1, 0.15) is 52.0 Å². The van der Waals surface area contributed by atoms with Crippen molar-refractivity contribution in [3.63, 3.8) is 0 Å². The number of halogens is 22. The third-order valence-corrected chi connectivity index (χ3v) is 16.6. The van der Waals surface area contributed by atoms with Crippen molar-refractivity contribution in [2.45, 2.75) is 153 Å². The molecule has 2 fully saturated rings. The molecule has 5 aliphatic rings. The van der Waals surface area contributed by atoms with Crippen LogP contribution < -0.4 is 79.6 Å². The van der Waals surface area contributed by atoms with Gasteiger partial charge >= 0.3 is 82.2 Å². The summed E-state index contributed by atoms with van der Waals surface area (Å²) < 4.78 is 251. The number of ether oxygens (including phenoxy) is 1. The summed E-state index contributed by atoms with van der Waals surface area (Å²) >= 11 is 17.3. The summed E-state index contributed by atoms with van der Waals surface area (Å²) in [4.78, 5) is 70.9. The van der Waals surface area contributed by atoms with Crippen molar-refractivity contribution < 1.29 is 168 Å². The van der Waals surface area contributed by atoms with Gasteiger partial charge in [-0.15, -0.1) is 0 Å². The first kappa shape index (κ1) is 89.8. The molecule has 6 heterocycles. The fourth-order valence-corrected chi connectivity index (χ4v) is 11.8. The smallest absolute Gasteiger partial charge is 0.444 e. The number of ketones is 1. The van der Waals surface area contributed by atoms with Gasteiger partial charge in [-0.3, -0.25) is 42.9 Å². The minimum atomic E-state index is -4.81. The zero-order valence-corrected chi connectivity index (χ0v) is 59.5. The molecule has 0 bridgehead atoms. The van der Waals surface area contributed by atoms with Gasteiger partial charge in [0.05, 0.1) is 61.9 Å². The summed E-state index contributed by atoms with van der Waals surface area (Å²) in [6.07, 6.45) is -23.2. The molecule has 4 atom stereocenters. The van der Waals surface area contributed by atoms with E-state index in [1.54, 1.807) is 20.8 Å². The first-order valence-corrected chi connectivity index (χ1v) is 30.5. The predicted octanol–water partition coefficient (Wildman–Crippen LogP) is 11.6. The summed E-state index contributed by atoms with van der Waals surface area (Å²) in [6, 6.07) is 3.50. The second-order valence-corrected chi connectivity index (χ2v) is 25.8. The number of alkyl halides is 16. The fourth-order valence-electron chi connectivity index (χ4n) is 11.2. The Morgan fingerprint density at radius 2 is 0.971 bits per heavy atom. The van der Waals surface area contributed by atoms with Crippen LogP contribution in [0.4, 0.5) is 88.2 Å². The molecule has 9 N–H and O–H groups in total. The third kappa shape index (κ3) is 22.0. The molecule has 3 aliphatic heterocycles. The van der Waals surface area contributed by atoms with E-state index >= 15 is 0 Å². The molecule has 104 heavy (non-hydrogen) atoms. The van der Waals surface area contributed by atoms with Gasteiger partial charge in [-0.1, -0.05) is 42.2 Å². The summed E-state index contributed by atoms with van der Waals surface area (Å²) in [5, 5.41) is 13.6. The topological polar surface area (TPSA) is 284 Å². The monoisotopic (exact) mass is 1590 g/mol. The van der Waals surface area contributed by atoms with Crippen LogP contribution in [0.2, 0.25) is 15.1 Å². The molecule has 0 spiro atoms. The van der Waals surface area contributed by atoms with Gasteiger partial charge in [0.25, 0.3) is 23.6 Å². The number of Topliss-reactive ketones (excluding diaryl/α,β-unsaturated/α-hetero) is 1. The number of primary amides is 3. The largest absolute Gasteiger partial charge is 1.00 e. The molecule has 4 amide bonds. The Labute approximate surface area is 636 Å². The number of hydrogen-bond acceptors (Lipinski definition) is 12. The average molecular weight is 1590 g/mol. The number of aromatic nitrogens is 6. The molecular formula is C62H63Cl3F19KN12O7. The number of rotatable bonds is 9. The van der Waals surface area contributed by atoms with E-state index in [4.69, 9.17) is 67.3 Å². The first-order chi connectivity index (χ1) is 46.3. The second-order valence-electron chi connectivity index (χ2n) is 24.6. The maximum absolute atomic E-state index is 13.9. The van der Waals surface area contributed by atoms with Crippen molar-refractivity contribution in [2.75, 3.05) is 13.1 Å². The van der Waals surface area contributed by atoms with E-state index in [0.29, 0.717) is 9.36 Å². The van der Waals surface area contributed by atoms with E-state index in [1.165, 1.54) is 24.3 Å². The summed E-state index contributed by atoms with van der Waals surface area (Å²) in [5.74, 6) is -12.8.